The number of nitrogens with zero attached hydrogens (tertiary/aromatic N) is 1. The lowest BCUT2D eigenvalue weighted by atomic mass is 10.2. The first kappa shape index (κ1) is 15.6. The van der Waals surface area contributed by atoms with Crippen molar-refractivity contribution in [3.8, 4) is 5.88 Å². The number of nitrogen functional groups attached to an aromatic ring is 1. The van der Waals surface area contributed by atoms with Gasteiger partial charge in [-0.1, -0.05) is 0 Å². The molecule has 0 aliphatic heterocycles. The second-order valence-electron chi connectivity index (χ2n) is 6.12. The quantitative estimate of drug-likeness (QED) is 0.879. The second kappa shape index (κ2) is 5.93. The summed E-state index contributed by atoms with van der Waals surface area (Å²) in [6.45, 7) is 10.2. The Kier molecular flexibility index (Phi) is 4.42. The van der Waals surface area contributed by atoms with E-state index in [1.165, 1.54) is 9.75 Å². The van der Waals surface area contributed by atoms with Crippen LogP contribution in [-0.2, 0) is 0 Å². The maximum absolute atomic E-state index is 5.93. The second-order valence-corrected chi connectivity index (χ2v) is 7.44. The van der Waals surface area contributed by atoms with Gasteiger partial charge in [0.25, 0.3) is 0 Å². The van der Waals surface area contributed by atoms with Crippen LogP contribution in [0.1, 0.15) is 43.5 Å². The number of nitrogens with one attached hydrogen (secondary N) is 1. The summed E-state index contributed by atoms with van der Waals surface area (Å²) in [6.07, 6.45) is 0. The number of rotatable bonds is 4. The molecule has 0 saturated heterocycles. The van der Waals surface area contributed by atoms with Crippen LogP contribution in [0, 0.1) is 6.92 Å². The van der Waals surface area contributed by atoms with Crippen LogP contribution in [-0.4, -0.2) is 10.6 Å². The first-order valence-corrected chi connectivity index (χ1v) is 7.84. The predicted molar refractivity (Wildman–Crippen MR) is 90.1 cm³/mol. The van der Waals surface area contributed by atoms with E-state index in [9.17, 15) is 0 Å². The molecule has 21 heavy (non-hydrogen) atoms. The van der Waals surface area contributed by atoms with Gasteiger partial charge in [-0.3, -0.25) is 0 Å². The highest BCUT2D eigenvalue weighted by atomic mass is 32.1. The van der Waals surface area contributed by atoms with Gasteiger partial charge in [0.05, 0.1) is 11.7 Å². The topological polar surface area (TPSA) is 60.2 Å². The average Bonchev–Trinajstić information content (AvgIpc) is 2.78. The number of aromatic nitrogens is 1. The first-order chi connectivity index (χ1) is 9.74. The van der Waals surface area contributed by atoms with Crippen molar-refractivity contribution in [1.29, 1.82) is 0 Å². The van der Waals surface area contributed by atoms with Gasteiger partial charge in [0.15, 0.2) is 0 Å². The van der Waals surface area contributed by atoms with Gasteiger partial charge in [-0.25, -0.2) is 0 Å². The summed E-state index contributed by atoms with van der Waals surface area (Å²) >= 11 is 1.79. The van der Waals surface area contributed by atoms with Crippen LogP contribution in [0.2, 0.25) is 0 Å². The molecule has 0 saturated carbocycles. The molecule has 2 aromatic heterocycles. The van der Waals surface area contributed by atoms with E-state index in [0.29, 0.717) is 11.6 Å². The summed E-state index contributed by atoms with van der Waals surface area (Å²) < 4.78 is 5.79. The summed E-state index contributed by atoms with van der Waals surface area (Å²) in [5.41, 5.74) is 6.16. The Morgan fingerprint density at radius 3 is 2.52 bits per heavy atom. The number of pyridine rings is 1. The third-order valence-electron chi connectivity index (χ3n) is 2.84. The summed E-state index contributed by atoms with van der Waals surface area (Å²) in [6, 6.07) is 8.16. The molecule has 0 spiro atoms. The molecular formula is C16H23N3OS. The average molecular weight is 305 g/mol. The standard InChI is InChI=1S/C16H23N3OS/c1-10-6-8-13(21-10)11(2)18-14-9-7-12(17)15(19-14)20-16(3,4)5/h6-9,11H,17H2,1-5H3,(H,18,19). The molecule has 0 aromatic carbocycles. The van der Waals surface area contributed by atoms with Gasteiger partial charge in [-0.15, -0.1) is 11.3 Å². The number of ether oxygens (including phenoxy) is 1. The zero-order valence-electron chi connectivity index (χ0n) is 13.2. The van der Waals surface area contributed by atoms with Crippen molar-refractivity contribution in [2.24, 2.45) is 0 Å². The minimum atomic E-state index is -0.323. The van der Waals surface area contributed by atoms with Crippen LogP contribution >= 0.6 is 11.3 Å². The fraction of sp³-hybridized carbons (Fsp3) is 0.438. The summed E-state index contributed by atoms with van der Waals surface area (Å²) in [5, 5.41) is 3.39. The van der Waals surface area contributed by atoms with Crippen molar-refractivity contribution in [3.05, 3.63) is 34.0 Å². The molecule has 0 fully saturated rings. The summed E-state index contributed by atoms with van der Waals surface area (Å²) in [5.74, 6) is 1.24. The van der Waals surface area contributed by atoms with E-state index in [2.05, 4.69) is 36.3 Å². The molecule has 2 heterocycles. The third kappa shape index (κ3) is 4.36. The Hall–Kier alpha value is -1.75. The van der Waals surface area contributed by atoms with Gasteiger partial charge in [-0.05, 0) is 58.9 Å². The van der Waals surface area contributed by atoms with Gasteiger partial charge >= 0.3 is 0 Å². The Morgan fingerprint density at radius 1 is 1.24 bits per heavy atom. The third-order valence-corrected chi connectivity index (χ3v) is 4.03. The van der Waals surface area contributed by atoms with Crippen LogP contribution in [0.3, 0.4) is 0 Å². The monoisotopic (exact) mass is 305 g/mol. The van der Waals surface area contributed by atoms with Gasteiger partial charge < -0.3 is 15.8 Å². The Bertz CT molecular complexity index is 616. The normalized spacial score (nSPS) is 13.0. The number of hydrogen-bond donors (Lipinski definition) is 2. The smallest absolute Gasteiger partial charge is 0.239 e. The van der Waals surface area contributed by atoms with Crippen molar-refractivity contribution in [3.63, 3.8) is 0 Å². The minimum Gasteiger partial charge on any atom is -0.470 e. The molecule has 0 bridgehead atoms. The fourth-order valence-corrected chi connectivity index (χ4v) is 2.76. The molecule has 0 aliphatic rings. The molecule has 0 radical (unpaired) electrons. The minimum absolute atomic E-state index is 0.197. The van der Waals surface area contributed by atoms with Gasteiger partial charge in [0, 0.05) is 9.75 Å². The van der Waals surface area contributed by atoms with E-state index in [1.807, 2.05) is 32.9 Å². The number of hydrogen-bond acceptors (Lipinski definition) is 5. The maximum Gasteiger partial charge on any atom is 0.239 e. The van der Waals surface area contributed by atoms with Gasteiger partial charge in [-0.2, -0.15) is 4.98 Å². The molecule has 1 unspecified atom stereocenters. The van der Waals surface area contributed by atoms with Gasteiger partial charge in [0.2, 0.25) is 5.88 Å². The van der Waals surface area contributed by atoms with Crippen molar-refractivity contribution >= 4 is 22.8 Å². The zero-order valence-corrected chi connectivity index (χ0v) is 14.0. The molecule has 3 N–H and O–H groups in total. The number of nitrogens with two attached hydrogens (primary N) is 1. The van der Waals surface area contributed by atoms with E-state index in [4.69, 9.17) is 10.5 Å². The molecule has 2 aromatic rings. The lowest BCUT2D eigenvalue weighted by Crippen LogP contribution is -2.24. The molecular weight excluding hydrogens is 282 g/mol. The SMILES string of the molecule is Cc1ccc(C(C)Nc2ccc(N)c(OC(C)(C)C)n2)s1. The van der Waals surface area contributed by atoms with E-state index >= 15 is 0 Å². The summed E-state index contributed by atoms with van der Waals surface area (Å²) in [4.78, 5) is 7.06. The van der Waals surface area contributed by atoms with E-state index in [-0.39, 0.29) is 11.6 Å². The number of anilines is 2. The molecule has 1 atom stereocenters. The van der Waals surface area contributed by atoms with Crippen molar-refractivity contribution < 1.29 is 4.74 Å². The maximum atomic E-state index is 5.93. The van der Waals surface area contributed by atoms with Crippen LogP contribution in [0.15, 0.2) is 24.3 Å². The molecule has 114 valence electrons. The van der Waals surface area contributed by atoms with Crippen molar-refractivity contribution in [2.75, 3.05) is 11.1 Å². The highest BCUT2D eigenvalue weighted by Gasteiger charge is 2.16. The van der Waals surface area contributed by atoms with Crippen LogP contribution in [0.5, 0.6) is 5.88 Å². The van der Waals surface area contributed by atoms with Crippen LogP contribution in [0.25, 0.3) is 0 Å². The van der Waals surface area contributed by atoms with Crippen LogP contribution in [0.4, 0.5) is 11.5 Å². The van der Waals surface area contributed by atoms with E-state index in [0.717, 1.165) is 5.82 Å². The fourth-order valence-electron chi connectivity index (χ4n) is 1.88. The van der Waals surface area contributed by atoms with E-state index < -0.39 is 0 Å². The molecule has 2 rings (SSSR count). The lowest BCUT2D eigenvalue weighted by Gasteiger charge is -2.22. The summed E-state index contributed by atoms with van der Waals surface area (Å²) in [7, 11) is 0. The van der Waals surface area contributed by atoms with Crippen LogP contribution < -0.4 is 15.8 Å². The van der Waals surface area contributed by atoms with Gasteiger partial charge in [0.1, 0.15) is 11.4 Å². The highest BCUT2D eigenvalue weighted by Crippen LogP contribution is 2.28. The Morgan fingerprint density at radius 2 is 1.95 bits per heavy atom. The Labute approximate surface area is 130 Å². The van der Waals surface area contributed by atoms with E-state index in [1.54, 1.807) is 11.3 Å². The molecule has 4 nitrogen and oxygen atoms in total. The molecule has 5 heteroatoms. The lowest BCUT2D eigenvalue weighted by molar-refractivity contribution is 0.125. The predicted octanol–water partition coefficient (Wildman–Crippen LogP) is 4.38. The number of thiophene rings is 1. The Balaban J connectivity index is 2.15. The largest absolute Gasteiger partial charge is 0.470 e. The molecule has 0 aliphatic carbocycles. The number of aryl methyl sites for hydroxylation is 1. The molecule has 0 amide bonds. The highest BCUT2D eigenvalue weighted by molar-refractivity contribution is 7.12. The first-order valence-electron chi connectivity index (χ1n) is 7.03. The van der Waals surface area contributed by atoms with Crippen molar-refractivity contribution in [1.82, 2.24) is 4.98 Å². The zero-order chi connectivity index (χ0) is 15.6. The van der Waals surface area contributed by atoms with Crippen molar-refractivity contribution in [2.45, 2.75) is 46.3 Å².